The molecule has 1 aromatic carbocycles. The van der Waals surface area contributed by atoms with Gasteiger partial charge >= 0.3 is 0 Å². The molecule has 0 radical (unpaired) electrons. The summed E-state index contributed by atoms with van der Waals surface area (Å²) in [5, 5.41) is 4.19. The fourth-order valence-corrected chi connectivity index (χ4v) is 5.74. The van der Waals surface area contributed by atoms with Crippen molar-refractivity contribution in [1.29, 1.82) is 0 Å². The molecule has 1 saturated heterocycles. The van der Waals surface area contributed by atoms with Gasteiger partial charge in [0.15, 0.2) is 17.3 Å². The molecule has 39 heavy (non-hydrogen) atoms. The first-order valence-corrected chi connectivity index (χ1v) is 15.6. The molecule has 0 spiro atoms. The maximum absolute atomic E-state index is 15.7. The Morgan fingerprint density at radius 1 is 1.10 bits per heavy atom. The average Bonchev–Trinajstić information content (AvgIpc) is 3.68. The zero-order valence-electron chi connectivity index (χ0n) is 22.1. The van der Waals surface area contributed by atoms with Crippen LogP contribution in [0.2, 0.25) is 5.02 Å². The second kappa shape index (κ2) is 10.0. The summed E-state index contributed by atoms with van der Waals surface area (Å²) >= 11 is 6.66. The smallest absolute Gasteiger partial charge is 0.229 e. The third kappa shape index (κ3) is 5.43. The minimum absolute atomic E-state index is 0.0838. The molecule has 0 bridgehead atoms. The van der Waals surface area contributed by atoms with Crippen molar-refractivity contribution in [3.05, 3.63) is 59.1 Å². The van der Waals surface area contributed by atoms with Crippen LogP contribution in [0.15, 0.2) is 47.0 Å². The van der Waals surface area contributed by atoms with E-state index >= 15 is 4.39 Å². The number of rotatable bonds is 6. The number of piperazine rings is 1. The molecular formula is C27H30ClFN8OS. The number of fused-ring (bicyclic) bond motifs is 1. The van der Waals surface area contributed by atoms with Crippen LogP contribution in [0, 0.1) is 5.82 Å². The van der Waals surface area contributed by atoms with Crippen LogP contribution in [-0.4, -0.2) is 74.4 Å². The molecule has 4 aromatic rings. The summed E-state index contributed by atoms with van der Waals surface area (Å²) in [4.78, 5) is 18.3. The molecule has 0 unspecified atom stereocenters. The van der Waals surface area contributed by atoms with Crippen molar-refractivity contribution in [2.24, 2.45) is 4.36 Å². The van der Waals surface area contributed by atoms with Gasteiger partial charge in [-0.1, -0.05) is 17.7 Å². The summed E-state index contributed by atoms with van der Waals surface area (Å²) in [6.07, 6.45) is 6.40. The molecule has 1 N–H and O–H groups in total. The van der Waals surface area contributed by atoms with Crippen LogP contribution in [0.4, 0.5) is 27.5 Å². The van der Waals surface area contributed by atoms with Crippen LogP contribution in [0.3, 0.4) is 0 Å². The van der Waals surface area contributed by atoms with Crippen molar-refractivity contribution < 1.29 is 8.60 Å². The molecule has 1 saturated carbocycles. The standard InChI is InChI=1S/C27H30ClFN8OS/c1-35-11-13-36(14-12-35)21-10-9-18(15-20(21)28)31-27-30-16-19-24(29)25(17-7-8-17)37(26(19)33-27)23-6-4-5-22(32-23)34-39(2,3)38/h4-6,9-10,15-17H,7-8,11-14H2,1-3H3,(H,30,31,33). The van der Waals surface area contributed by atoms with Crippen molar-refractivity contribution in [3.63, 3.8) is 0 Å². The van der Waals surface area contributed by atoms with E-state index in [0.29, 0.717) is 39.3 Å². The van der Waals surface area contributed by atoms with Crippen LogP contribution in [0.1, 0.15) is 24.5 Å². The second-order valence-corrected chi connectivity index (χ2v) is 13.4. The highest BCUT2D eigenvalue weighted by Crippen LogP contribution is 2.45. The highest BCUT2D eigenvalue weighted by molar-refractivity contribution is 7.92. The number of halogens is 2. The van der Waals surface area contributed by atoms with Gasteiger partial charge in [-0.3, -0.25) is 4.57 Å². The van der Waals surface area contributed by atoms with Gasteiger partial charge < -0.3 is 15.1 Å². The number of pyridine rings is 1. The number of hydrogen-bond donors (Lipinski definition) is 1. The lowest BCUT2D eigenvalue weighted by molar-refractivity contribution is 0.313. The fraction of sp³-hybridized carbons (Fsp3) is 0.370. The normalized spacial score (nSPS) is 16.6. The minimum atomic E-state index is -2.41. The van der Waals surface area contributed by atoms with Crippen molar-refractivity contribution in [2.45, 2.75) is 18.8 Å². The quantitative estimate of drug-likeness (QED) is 0.336. The van der Waals surface area contributed by atoms with E-state index in [0.717, 1.165) is 50.4 Å². The highest BCUT2D eigenvalue weighted by atomic mass is 35.5. The van der Waals surface area contributed by atoms with E-state index in [1.54, 1.807) is 35.3 Å². The van der Waals surface area contributed by atoms with E-state index < -0.39 is 9.73 Å². The van der Waals surface area contributed by atoms with Crippen LogP contribution in [0.25, 0.3) is 16.9 Å². The fourth-order valence-electron chi connectivity index (χ4n) is 4.89. The molecule has 204 valence electrons. The average molecular weight is 569 g/mol. The molecule has 9 nitrogen and oxygen atoms in total. The Morgan fingerprint density at radius 2 is 1.87 bits per heavy atom. The van der Waals surface area contributed by atoms with Gasteiger partial charge in [-0.2, -0.15) is 9.35 Å². The SMILES string of the molecule is CN1CCN(c2ccc(Nc3ncc4c(F)c(C5CC5)n(-c5cccc(N=S(C)(C)=O)n5)c4n3)cc2Cl)CC1. The molecule has 0 atom stereocenters. The Balaban J connectivity index is 1.37. The molecule has 12 heteroatoms. The Labute approximate surface area is 232 Å². The first-order valence-electron chi connectivity index (χ1n) is 12.9. The van der Waals surface area contributed by atoms with Gasteiger partial charge in [-0.25, -0.2) is 18.6 Å². The summed E-state index contributed by atoms with van der Waals surface area (Å²) < 4.78 is 33.9. The number of nitrogens with one attached hydrogen (secondary N) is 1. The summed E-state index contributed by atoms with van der Waals surface area (Å²) in [5.74, 6) is 0.866. The summed E-state index contributed by atoms with van der Waals surface area (Å²) in [6, 6.07) is 11.0. The largest absolute Gasteiger partial charge is 0.368 e. The molecule has 1 aliphatic carbocycles. The predicted octanol–water partition coefficient (Wildman–Crippen LogP) is 5.34. The van der Waals surface area contributed by atoms with Gasteiger partial charge in [-0.15, -0.1) is 0 Å². The molecule has 1 aliphatic heterocycles. The Kier molecular flexibility index (Phi) is 6.68. The van der Waals surface area contributed by atoms with Crippen LogP contribution < -0.4 is 10.2 Å². The lowest BCUT2D eigenvalue weighted by Crippen LogP contribution is -2.44. The van der Waals surface area contributed by atoms with E-state index in [4.69, 9.17) is 16.6 Å². The number of aromatic nitrogens is 4. The van der Waals surface area contributed by atoms with Gasteiger partial charge in [-0.05, 0) is 50.2 Å². The van der Waals surface area contributed by atoms with Crippen LogP contribution >= 0.6 is 11.6 Å². The third-order valence-electron chi connectivity index (χ3n) is 6.96. The van der Waals surface area contributed by atoms with Gasteiger partial charge in [0, 0.05) is 66.2 Å². The Morgan fingerprint density at radius 3 is 2.56 bits per heavy atom. The van der Waals surface area contributed by atoms with E-state index in [-0.39, 0.29) is 11.7 Å². The number of benzene rings is 1. The topological polar surface area (TPSA) is 91.5 Å². The predicted molar refractivity (Wildman–Crippen MR) is 155 cm³/mol. The van der Waals surface area contributed by atoms with E-state index in [1.807, 2.05) is 18.2 Å². The zero-order valence-corrected chi connectivity index (χ0v) is 23.6. The lowest BCUT2D eigenvalue weighted by atomic mass is 10.2. The minimum Gasteiger partial charge on any atom is -0.368 e. The molecule has 6 rings (SSSR count). The van der Waals surface area contributed by atoms with Crippen molar-refractivity contribution in [1.82, 2.24) is 24.4 Å². The maximum Gasteiger partial charge on any atom is 0.229 e. The summed E-state index contributed by atoms with van der Waals surface area (Å²) in [6.45, 7) is 3.82. The van der Waals surface area contributed by atoms with Crippen molar-refractivity contribution >= 4 is 55.5 Å². The van der Waals surface area contributed by atoms with Gasteiger partial charge in [0.1, 0.15) is 5.82 Å². The first-order chi connectivity index (χ1) is 18.7. The highest BCUT2D eigenvalue weighted by Gasteiger charge is 2.34. The van der Waals surface area contributed by atoms with Crippen LogP contribution in [-0.2, 0) is 9.73 Å². The van der Waals surface area contributed by atoms with E-state index in [1.165, 1.54) is 6.20 Å². The first kappa shape index (κ1) is 26.0. The van der Waals surface area contributed by atoms with E-state index in [2.05, 4.69) is 36.5 Å². The Hall–Kier alpha value is -3.28. The summed E-state index contributed by atoms with van der Waals surface area (Å²) in [5.41, 5.74) is 2.67. The van der Waals surface area contributed by atoms with Gasteiger partial charge in [0.25, 0.3) is 0 Å². The van der Waals surface area contributed by atoms with Gasteiger partial charge in [0.05, 0.1) is 21.8 Å². The van der Waals surface area contributed by atoms with E-state index in [9.17, 15) is 4.21 Å². The molecule has 4 heterocycles. The summed E-state index contributed by atoms with van der Waals surface area (Å²) in [7, 11) is -0.288. The van der Waals surface area contributed by atoms with Gasteiger partial charge in [0.2, 0.25) is 5.95 Å². The zero-order chi connectivity index (χ0) is 27.3. The van der Waals surface area contributed by atoms with Crippen molar-refractivity contribution in [3.8, 4) is 5.82 Å². The molecule has 3 aromatic heterocycles. The number of nitrogens with zero attached hydrogens (tertiary/aromatic N) is 7. The van der Waals surface area contributed by atoms with Crippen LogP contribution in [0.5, 0.6) is 0 Å². The Bertz CT molecular complexity index is 1680. The number of anilines is 3. The number of likely N-dealkylation sites (N-methyl/N-ethyl adjacent to an activating group) is 1. The van der Waals surface area contributed by atoms with Crippen molar-refractivity contribution in [2.75, 3.05) is 56.0 Å². The molecule has 2 aliphatic rings. The monoisotopic (exact) mass is 568 g/mol. The number of hydrogen-bond acceptors (Lipinski definition) is 8. The maximum atomic E-state index is 15.7. The molecule has 0 amide bonds. The second-order valence-electron chi connectivity index (χ2n) is 10.4. The molecular weight excluding hydrogens is 539 g/mol. The molecule has 2 fully saturated rings. The lowest BCUT2D eigenvalue weighted by Gasteiger charge is -2.34. The third-order valence-corrected chi connectivity index (χ3v) is 7.89.